The van der Waals surface area contributed by atoms with Gasteiger partial charge in [-0.2, -0.15) is 0 Å². The van der Waals surface area contributed by atoms with Crippen molar-refractivity contribution in [1.82, 2.24) is 10.5 Å². The van der Waals surface area contributed by atoms with E-state index in [1.807, 2.05) is 0 Å². The van der Waals surface area contributed by atoms with Crippen molar-refractivity contribution in [3.05, 3.63) is 12.5 Å². The first-order valence-electron chi connectivity index (χ1n) is 4.32. The van der Waals surface area contributed by atoms with Crippen LogP contribution in [0, 0.1) is 5.92 Å². The zero-order chi connectivity index (χ0) is 9.97. The van der Waals surface area contributed by atoms with E-state index in [2.05, 4.69) is 20.3 Å². The molecule has 2 rings (SSSR count). The number of nitrogens with zero attached hydrogens (tertiary/aromatic N) is 1. The Balaban J connectivity index is 1.88. The van der Waals surface area contributed by atoms with E-state index in [0.717, 1.165) is 0 Å². The molecule has 0 saturated carbocycles. The number of rotatable bonds is 3. The normalized spacial score (nSPS) is 18.6. The molecule has 1 aliphatic heterocycles. The second-order valence-electron chi connectivity index (χ2n) is 3.22. The van der Waals surface area contributed by atoms with Crippen LogP contribution in [0.2, 0.25) is 0 Å². The molecule has 1 unspecified atom stereocenters. The van der Waals surface area contributed by atoms with E-state index in [9.17, 15) is 9.18 Å². The molecule has 0 aliphatic carbocycles. The molecule has 0 radical (unpaired) electrons. The van der Waals surface area contributed by atoms with Gasteiger partial charge in [-0.3, -0.25) is 4.79 Å². The molecule has 1 saturated heterocycles. The fourth-order valence-electron chi connectivity index (χ4n) is 1.21. The minimum Gasteiger partial charge on any atom is -0.363 e. The van der Waals surface area contributed by atoms with Crippen molar-refractivity contribution in [2.24, 2.45) is 5.92 Å². The third-order valence-corrected chi connectivity index (χ3v) is 2.18. The average molecular weight is 199 g/mol. The van der Waals surface area contributed by atoms with E-state index < -0.39 is 12.1 Å². The van der Waals surface area contributed by atoms with Crippen LogP contribution in [0.1, 0.15) is 0 Å². The van der Waals surface area contributed by atoms with Crippen molar-refractivity contribution in [3.8, 4) is 0 Å². The van der Waals surface area contributed by atoms with Crippen molar-refractivity contribution in [2.45, 2.75) is 6.17 Å². The van der Waals surface area contributed by atoms with Crippen LogP contribution >= 0.6 is 0 Å². The van der Waals surface area contributed by atoms with Gasteiger partial charge in [-0.15, -0.1) is 0 Å². The van der Waals surface area contributed by atoms with Gasteiger partial charge in [0.25, 0.3) is 5.91 Å². The van der Waals surface area contributed by atoms with Crippen molar-refractivity contribution >= 4 is 11.6 Å². The monoisotopic (exact) mass is 199 g/mol. The number of nitrogens with one attached hydrogen (secondary N) is 2. The number of aromatic nitrogens is 1. The van der Waals surface area contributed by atoms with Crippen molar-refractivity contribution < 1.29 is 13.7 Å². The molecule has 1 aromatic heterocycles. The first-order valence-corrected chi connectivity index (χ1v) is 4.32. The lowest BCUT2D eigenvalue weighted by atomic mass is 9.97. The van der Waals surface area contributed by atoms with Gasteiger partial charge in [-0.25, -0.2) is 4.39 Å². The first-order chi connectivity index (χ1) is 6.77. The molecular formula is C8H10FN3O2. The van der Waals surface area contributed by atoms with Gasteiger partial charge in [0, 0.05) is 19.0 Å². The minimum atomic E-state index is -1.47. The number of carbonyl (C=O) groups is 1. The largest absolute Gasteiger partial charge is 0.363 e. The highest BCUT2D eigenvalue weighted by Crippen LogP contribution is 2.15. The zero-order valence-corrected chi connectivity index (χ0v) is 7.37. The van der Waals surface area contributed by atoms with Crippen LogP contribution in [-0.4, -0.2) is 30.3 Å². The SMILES string of the molecule is O=C(Nc1cnoc1)C(F)C1CNC1. The predicted octanol–water partition coefficient (Wildman–Crippen LogP) is 0.171. The van der Waals surface area contributed by atoms with Crippen LogP contribution in [-0.2, 0) is 4.79 Å². The van der Waals surface area contributed by atoms with Gasteiger partial charge >= 0.3 is 0 Å². The highest BCUT2D eigenvalue weighted by molar-refractivity contribution is 5.94. The molecule has 1 fully saturated rings. The molecule has 14 heavy (non-hydrogen) atoms. The maximum Gasteiger partial charge on any atom is 0.259 e. The first kappa shape index (κ1) is 9.14. The Morgan fingerprint density at radius 2 is 2.57 bits per heavy atom. The summed E-state index contributed by atoms with van der Waals surface area (Å²) in [6.07, 6.45) is 1.11. The van der Waals surface area contributed by atoms with Crippen molar-refractivity contribution in [3.63, 3.8) is 0 Å². The van der Waals surface area contributed by atoms with Gasteiger partial charge in [0.2, 0.25) is 0 Å². The highest BCUT2D eigenvalue weighted by atomic mass is 19.1. The number of carbonyl (C=O) groups excluding carboxylic acids is 1. The number of halogens is 1. The van der Waals surface area contributed by atoms with Gasteiger partial charge in [0.05, 0.1) is 6.20 Å². The van der Waals surface area contributed by atoms with Crippen LogP contribution < -0.4 is 10.6 Å². The molecule has 2 heterocycles. The Morgan fingerprint density at radius 1 is 1.79 bits per heavy atom. The topological polar surface area (TPSA) is 67.2 Å². The maximum atomic E-state index is 13.3. The molecule has 76 valence electrons. The molecule has 0 bridgehead atoms. The summed E-state index contributed by atoms with van der Waals surface area (Å²) in [7, 11) is 0. The summed E-state index contributed by atoms with van der Waals surface area (Å²) in [5.74, 6) is -0.852. The fourth-order valence-corrected chi connectivity index (χ4v) is 1.21. The number of alkyl halides is 1. The molecule has 0 aromatic carbocycles. The van der Waals surface area contributed by atoms with Gasteiger partial charge < -0.3 is 15.2 Å². The maximum absolute atomic E-state index is 13.3. The number of hydrogen-bond acceptors (Lipinski definition) is 4. The summed E-state index contributed by atoms with van der Waals surface area (Å²) in [6.45, 7) is 1.11. The smallest absolute Gasteiger partial charge is 0.259 e. The third kappa shape index (κ3) is 1.74. The van der Waals surface area contributed by atoms with Gasteiger partial charge in [0.15, 0.2) is 6.17 Å². The Bertz CT molecular complexity index is 310. The van der Waals surface area contributed by atoms with E-state index in [-0.39, 0.29) is 5.92 Å². The highest BCUT2D eigenvalue weighted by Gasteiger charge is 2.32. The summed E-state index contributed by atoms with van der Waals surface area (Å²) in [5, 5.41) is 8.67. The molecule has 1 aliphatic rings. The molecule has 1 atom stereocenters. The number of anilines is 1. The number of amides is 1. The summed E-state index contributed by atoms with van der Waals surface area (Å²) < 4.78 is 17.8. The van der Waals surface area contributed by atoms with Crippen LogP contribution in [0.25, 0.3) is 0 Å². The molecule has 1 amide bonds. The molecule has 2 N–H and O–H groups in total. The van der Waals surface area contributed by atoms with Crippen LogP contribution in [0.15, 0.2) is 17.0 Å². The minimum absolute atomic E-state index is 0.213. The fraction of sp³-hybridized carbons (Fsp3) is 0.500. The second-order valence-corrected chi connectivity index (χ2v) is 3.22. The summed E-state index contributed by atoms with van der Waals surface area (Å²) in [6, 6.07) is 0. The molecule has 1 aromatic rings. The Kier molecular flexibility index (Phi) is 2.45. The van der Waals surface area contributed by atoms with E-state index in [0.29, 0.717) is 18.8 Å². The molecular weight excluding hydrogens is 189 g/mol. The quantitative estimate of drug-likeness (QED) is 0.728. The number of hydrogen-bond donors (Lipinski definition) is 2. The lowest BCUT2D eigenvalue weighted by Gasteiger charge is -2.28. The van der Waals surface area contributed by atoms with E-state index >= 15 is 0 Å². The van der Waals surface area contributed by atoms with Gasteiger partial charge in [-0.05, 0) is 0 Å². The van der Waals surface area contributed by atoms with E-state index in [1.165, 1.54) is 12.5 Å². The second kappa shape index (κ2) is 3.75. The molecule has 0 spiro atoms. The van der Waals surface area contributed by atoms with Crippen molar-refractivity contribution in [1.29, 1.82) is 0 Å². The van der Waals surface area contributed by atoms with E-state index in [1.54, 1.807) is 0 Å². The average Bonchev–Trinajstić information content (AvgIpc) is 2.53. The van der Waals surface area contributed by atoms with Gasteiger partial charge in [-0.1, -0.05) is 5.16 Å². The lowest BCUT2D eigenvalue weighted by Crippen LogP contribution is -2.50. The zero-order valence-electron chi connectivity index (χ0n) is 7.37. The van der Waals surface area contributed by atoms with E-state index in [4.69, 9.17) is 0 Å². The molecule has 6 heteroatoms. The van der Waals surface area contributed by atoms with Crippen LogP contribution in [0.5, 0.6) is 0 Å². The predicted molar refractivity (Wildman–Crippen MR) is 46.4 cm³/mol. The van der Waals surface area contributed by atoms with Crippen LogP contribution in [0.3, 0.4) is 0 Å². The summed E-state index contributed by atoms with van der Waals surface area (Å²) in [5.41, 5.74) is 0.380. The van der Waals surface area contributed by atoms with Crippen molar-refractivity contribution in [2.75, 3.05) is 18.4 Å². The Morgan fingerprint density at radius 3 is 3.07 bits per heavy atom. The summed E-state index contributed by atoms with van der Waals surface area (Å²) >= 11 is 0. The standard InChI is InChI=1S/C8H10FN3O2/c9-7(5-1-10-2-5)8(13)12-6-3-11-14-4-6/h3-5,7,10H,1-2H2,(H,12,13). The Hall–Kier alpha value is -1.43. The van der Waals surface area contributed by atoms with Gasteiger partial charge in [0.1, 0.15) is 12.0 Å². The third-order valence-electron chi connectivity index (χ3n) is 2.18. The Labute approximate surface area is 79.6 Å². The van der Waals surface area contributed by atoms with Crippen LogP contribution in [0.4, 0.5) is 10.1 Å². The molecule has 5 nitrogen and oxygen atoms in total. The lowest BCUT2D eigenvalue weighted by molar-refractivity contribution is -0.123. The summed E-state index contributed by atoms with van der Waals surface area (Å²) in [4.78, 5) is 11.3.